The zero-order valence-corrected chi connectivity index (χ0v) is 18.2. The fraction of sp³-hybridized carbons (Fsp3) is 0.714. The second kappa shape index (κ2) is 5.31. The summed E-state index contributed by atoms with van der Waals surface area (Å²) in [6.07, 6.45) is 8.55. The van der Waals surface area contributed by atoms with Crippen LogP contribution in [0.1, 0.15) is 38.5 Å². The van der Waals surface area contributed by atoms with Crippen molar-refractivity contribution in [3.63, 3.8) is 0 Å². The molecule has 25 heavy (non-hydrogen) atoms. The lowest BCUT2D eigenvalue weighted by atomic mass is 9.49. The van der Waals surface area contributed by atoms with Gasteiger partial charge in [-0.05, 0) is 92.8 Å². The summed E-state index contributed by atoms with van der Waals surface area (Å²) in [4.78, 5) is 0. The van der Waals surface area contributed by atoms with E-state index in [1.165, 1.54) is 48.9 Å². The first-order valence-electron chi connectivity index (χ1n) is 10.2. The van der Waals surface area contributed by atoms with Crippen LogP contribution < -0.4 is 10.4 Å². The summed E-state index contributed by atoms with van der Waals surface area (Å²) in [6.45, 7) is 9.55. The number of hydrogen-bond donors (Lipinski definition) is 0. The molecule has 136 valence electrons. The Labute approximate surface area is 154 Å². The van der Waals surface area contributed by atoms with Gasteiger partial charge in [0.15, 0.2) is 0 Å². The van der Waals surface area contributed by atoms with Gasteiger partial charge in [0.1, 0.15) is 6.29 Å². The molecule has 0 saturated heterocycles. The maximum Gasteiger partial charge on any atom is 0.221 e. The average Bonchev–Trinajstić information content (AvgIpc) is 2.60. The first-order valence-corrected chi connectivity index (χ1v) is 16.0. The van der Waals surface area contributed by atoms with Gasteiger partial charge >= 0.3 is 0 Å². The molecule has 1 aliphatic heterocycles. The molecule has 4 bridgehead atoms. The zero-order valence-electron chi connectivity index (χ0n) is 16.2. The van der Waals surface area contributed by atoms with Crippen LogP contribution in [-0.4, -0.2) is 22.9 Å². The average molecular weight is 373 g/mol. The van der Waals surface area contributed by atoms with Gasteiger partial charge in [0.2, 0.25) is 16.6 Å². The zero-order chi connectivity index (χ0) is 17.4. The molecule has 2 nitrogen and oxygen atoms in total. The molecule has 0 spiro atoms. The van der Waals surface area contributed by atoms with Crippen molar-refractivity contribution in [2.24, 2.45) is 23.2 Å². The molecular weight excluding hydrogens is 340 g/mol. The largest absolute Gasteiger partial charge is 0.389 e. The van der Waals surface area contributed by atoms with Crippen LogP contribution in [0.5, 0.6) is 0 Å². The van der Waals surface area contributed by atoms with Gasteiger partial charge in [-0.1, -0.05) is 24.3 Å². The number of hydrogen-bond acceptors (Lipinski definition) is 2. The summed E-state index contributed by atoms with van der Waals surface area (Å²) in [7, 11) is -3.91. The Bertz CT molecular complexity index is 625. The van der Waals surface area contributed by atoms with Crippen LogP contribution in [0.25, 0.3) is 0 Å². The molecule has 6 rings (SSSR count). The highest BCUT2D eigenvalue weighted by atomic mass is 28.4. The predicted octanol–water partition coefficient (Wildman–Crippen LogP) is 4.10. The predicted molar refractivity (Wildman–Crippen MR) is 107 cm³/mol. The van der Waals surface area contributed by atoms with Crippen molar-refractivity contribution in [2.75, 3.05) is 0 Å². The first-order chi connectivity index (χ1) is 11.8. The van der Waals surface area contributed by atoms with Gasteiger partial charge in [-0.3, -0.25) is 0 Å². The van der Waals surface area contributed by atoms with E-state index in [0.29, 0.717) is 5.41 Å². The Morgan fingerprint density at radius 3 is 1.56 bits per heavy atom. The van der Waals surface area contributed by atoms with E-state index in [-0.39, 0.29) is 6.29 Å². The van der Waals surface area contributed by atoms with Crippen LogP contribution in [-0.2, 0) is 8.85 Å². The van der Waals surface area contributed by atoms with Gasteiger partial charge in [-0.15, -0.1) is 0 Å². The second-order valence-corrected chi connectivity index (χ2v) is 18.0. The van der Waals surface area contributed by atoms with Crippen molar-refractivity contribution in [1.82, 2.24) is 0 Å². The van der Waals surface area contributed by atoms with E-state index in [2.05, 4.69) is 50.5 Å². The molecule has 4 saturated carbocycles. The highest BCUT2D eigenvalue weighted by Gasteiger charge is 2.58. The molecule has 1 heterocycles. The summed E-state index contributed by atoms with van der Waals surface area (Å²) in [5.41, 5.74) is 0.311. The summed E-state index contributed by atoms with van der Waals surface area (Å²) in [5.74, 6) is 2.83. The Morgan fingerprint density at radius 1 is 0.760 bits per heavy atom. The first kappa shape index (κ1) is 16.7. The fourth-order valence-corrected chi connectivity index (χ4v) is 13.2. The molecule has 4 aliphatic carbocycles. The maximum atomic E-state index is 7.00. The summed E-state index contributed by atoms with van der Waals surface area (Å²) in [6, 6.07) is 9.02. The van der Waals surface area contributed by atoms with Gasteiger partial charge in [-0.2, -0.15) is 0 Å². The van der Waals surface area contributed by atoms with Crippen LogP contribution in [0, 0.1) is 23.2 Å². The monoisotopic (exact) mass is 372 g/mol. The van der Waals surface area contributed by atoms with E-state index in [4.69, 9.17) is 8.85 Å². The molecule has 0 radical (unpaired) electrons. The maximum absolute atomic E-state index is 7.00. The van der Waals surface area contributed by atoms with Crippen molar-refractivity contribution >= 4 is 27.0 Å². The summed E-state index contributed by atoms with van der Waals surface area (Å²) in [5, 5.41) is 2.97. The highest BCUT2D eigenvalue weighted by molar-refractivity contribution is 6.95. The van der Waals surface area contributed by atoms with Crippen molar-refractivity contribution in [1.29, 1.82) is 0 Å². The molecule has 0 amide bonds. The minimum absolute atomic E-state index is 0.0385. The molecule has 5 aliphatic rings. The van der Waals surface area contributed by atoms with Crippen molar-refractivity contribution in [3.8, 4) is 0 Å². The third-order valence-corrected chi connectivity index (χ3v) is 12.9. The summed E-state index contributed by atoms with van der Waals surface area (Å²) >= 11 is 0. The van der Waals surface area contributed by atoms with Crippen LogP contribution in [0.3, 0.4) is 0 Å². The van der Waals surface area contributed by atoms with Gasteiger partial charge in [0.05, 0.1) is 0 Å². The van der Waals surface area contributed by atoms with E-state index in [1.807, 2.05) is 0 Å². The van der Waals surface area contributed by atoms with Crippen LogP contribution in [0.4, 0.5) is 0 Å². The minimum atomic E-state index is -1.96. The molecule has 0 aromatic heterocycles. The molecular formula is C21H32O2Si2. The number of benzene rings is 1. The van der Waals surface area contributed by atoms with Crippen LogP contribution in [0.2, 0.25) is 26.2 Å². The standard InChI is InChI=1S/C21H32O2Si2/c1-24(2)18-7-5-6-8-19(18)25(3,4)23-20(22-24)21-12-15-9-16(13-21)11-17(10-15)14-21/h5-8,15-17,20H,9-14H2,1-4H3. The smallest absolute Gasteiger partial charge is 0.221 e. The minimum Gasteiger partial charge on any atom is -0.389 e. The molecule has 0 unspecified atom stereocenters. The molecule has 1 aromatic rings. The lowest BCUT2D eigenvalue weighted by Crippen LogP contribution is -2.57. The van der Waals surface area contributed by atoms with E-state index in [0.717, 1.165) is 17.8 Å². The molecule has 0 N–H and O–H groups in total. The second-order valence-electron chi connectivity index (χ2n) is 10.4. The van der Waals surface area contributed by atoms with E-state index < -0.39 is 16.6 Å². The Hall–Kier alpha value is -0.426. The highest BCUT2D eigenvalue weighted by Crippen LogP contribution is 2.62. The van der Waals surface area contributed by atoms with Crippen LogP contribution >= 0.6 is 0 Å². The molecule has 1 aromatic carbocycles. The topological polar surface area (TPSA) is 18.5 Å². The molecule has 0 atom stereocenters. The van der Waals surface area contributed by atoms with Gasteiger partial charge < -0.3 is 8.85 Å². The van der Waals surface area contributed by atoms with Crippen molar-refractivity contribution in [2.45, 2.75) is 71.0 Å². The third kappa shape index (κ3) is 2.55. The fourth-order valence-electron chi connectivity index (χ4n) is 6.94. The Balaban J connectivity index is 1.56. The quantitative estimate of drug-likeness (QED) is 0.691. The third-order valence-electron chi connectivity index (χ3n) is 7.61. The van der Waals surface area contributed by atoms with Gasteiger partial charge in [-0.25, -0.2) is 0 Å². The number of fused-ring (bicyclic) bond motifs is 1. The van der Waals surface area contributed by atoms with Gasteiger partial charge in [0, 0.05) is 5.41 Å². The van der Waals surface area contributed by atoms with Gasteiger partial charge in [0.25, 0.3) is 0 Å². The molecule has 4 fully saturated rings. The Morgan fingerprint density at radius 2 is 1.16 bits per heavy atom. The van der Waals surface area contributed by atoms with E-state index in [1.54, 1.807) is 0 Å². The van der Waals surface area contributed by atoms with Crippen LogP contribution in [0.15, 0.2) is 24.3 Å². The lowest BCUT2D eigenvalue weighted by molar-refractivity contribution is -0.183. The van der Waals surface area contributed by atoms with Crippen molar-refractivity contribution < 1.29 is 8.85 Å². The summed E-state index contributed by atoms with van der Waals surface area (Å²) < 4.78 is 14.0. The van der Waals surface area contributed by atoms with Crippen molar-refractivity contribution in [3.05, 3.63) is 24.3 Å². The van der Waals surface area contributed by atoms with E-state index >= 15 is 0 Å². The lowest BCUT2D eigenvalue weighted by Gasteiger charge is -2.59. The number of rotatable bonds is 1. The SMILES string of the molecule is C[Si]1(C)OC(C23CC4CC(CC(C4)C2)C3)O[Si](C)(C)c2ccccc21. The molecule has 4 heteroatoms. The normalized spacial score (nSPS) is 41.4. The Kier molecular flexibility index (Phi) is 3.55. The van der Waals surface area contributed by atoms with E-state index in [9.17, 15) is 0 Å².